The van der Waals surface area contributed by atoms with Gasteiger partial charge in [0.2, 0.25) is 0 Å². The number of pyridine rings is 2. The van der Waals surface area contributed by atoms with E-state index in [2.05, 4.69) is 22.4 Å². The number of unbranched alkanes of at least 4 members (excludes halogenated alkanes) is 1. The summed E-state index contributed by atoms with van der Waals surface area (Å²) in [6.07, 6.45) is 8.31. The Morgan fingerprint density at radius 3 is 2.97 bits per heavy atom. The number of rotatable bonds is 12. The number of fused-ring (bicyclic) bond motifs is 1. The fraction of sp³-hybridized carbons (Fsp3) is 0.607. The van der Waals surface area contributed by atoms with E-state index in [4.69, 9.17) is 9.72 Å². The number of aromatic nitrogens is 2. The Kier molecular flexibility index (Phi) is 8.90. The Morgan fingerprint density at radius 1 is 1.31 bits per heavy atom. The molecule has 2 aromatic heterocycles. The Hall–Kier alpha value is -2.58. The normalized spacial score (nSPS) is 19.0. The smallest absolute Gasteiger partial charge is 0.325 e. The van der Waals surface area contributed by atoms with Crippen molar-refractivity contribution in [2.45, 2.75) is 83.0 Å². The molecule has 4 rings (SSSR count). The lowest BCUT2D eigenvalue weighted by atomic mass is 9.97. The van der Waals surface area contributed by atoms with Crippen molar-refractivity contribution < 1.29 is 19.0 Å². The zero-order valence-electron chi connectivity index (χ0n) is 21.5. The van der Waals surface area contributed by atoms with Gasteiger partial charge in [0, 0.05) is 49.4 Å². The fourth-order valence-corrected chi connectivity index (χ4v) is 5.10. The third kappa shape index (κ3) is 7.23. The number of alkyl halides is 1. The van der Waals surface area contributed by atoms with Gasteiger partial charge in [0.15, 0.2) is 0 Å². The third-order valence-electron chi connectivity index (χ3n) is 7.08. The van der Waals surface area contributed by atoms with Crippen molar-refractivity contribution in [3.05, 3.63) is 53.0 Å². The van der Waals surface area contributed by atoms with Crippen LogP contribution in [-0.2, 0) is 28.8 Å². The fourth-order valence-electron chi connectivity index (χ4n) is 5.10. The summed E-state index contributed by atoms with van der Waals surface area (Å²) in [5.41, 5.74) is 2.41. The Bertz CT molecular complexity index is 1030. The molecule has 2 aliphatic rings. The third-order valence-corrected chi connectivity index (χ3v) is 7.08. The lowest BCUT2D eigenvalue weighted by Gasteiger charge is -2.26. The Labute approximate surface area is 213 Å². The molecule has 4 heterocycles. The van der Waals surface area contributed by atoms with Crippen LogP contribution in [0.2, 0.25) is 0 Å². The molecule has 0 aromatic carbocycles. The first kappa shape index (κ1) is 26.5. The Morgan fingerprint density at radius 2 is 2.17 bits per heavy atom. The molecule has 0 spiro atoms. The highest BCUT2D eigenvalue weighted by molar-refractivity contribution is 5.76. The summed E-state index contributed by atoms with van der Waals surface area (Å²) in [5, 5.41) is 13.4. The molecule has 1 unspecified atom stereocenters. The van der Waals surface area contributed by atoms with Crippen LogP contribution in [0.15, 0.2) is 30.5 Å². The maximum absolute atomic E-state index is 14.1. The molecule has 2 aromatic rings. The van der Waals surface area contributed by atoms with E-state index in [-0.39, 0.29) is 6.10 Å². The number of aliphatic carboxylic acids is 1. The van der Waals surface area contributed by atoms with Gasteiger partial charge in [0.25, 0.3) is 0 Å². The highest BCUT2D eigenvalue weighted by Gasteiger charge is 2.35. The number of likely N-dealkylation sites (tertiary alicyclic amines) is 1. The molecule has 7 nitrogen and oxygen atoms in total. The van der Waals surface area contributed by atoms with Gasteiger partial charge in [0.05, 0.1) is 6.10 Å². The van der Waals surface area contributed by atoms with Crippen LogP contribution in [0.4, 0.5) is 10.2 Å². The van der Waals surface area contributed by atoms with Crippen molar-refractivity contribution in [3.63, 3.8) is 0 Å². The van der Waals surface area contributed by atoms with Crippen LogP contribution in [0.1, 0.15) is 74.5 Å². The van der Waals surface area contributed by atoms with Crippen molar-refractivity contribution in [3.8, 4) is 0 Å². The van der Waals surface area contributed by atoms with Crippen LogP contribution in [0.3, 0.4) is 0 Å². The molecule has 8 heteroatoms. The van der Waals surface area contributed by atoms with E-state index in [9.17, 15) is 14.3 Å². The van der Waals surface area contributed by atoms with Gasteiger partial charge in [-0.25, -0.2) is 9.37 Å². The monoisotopic (exact) mass is 498 g/mol. The SMILES string of the molecule is CC(C)(F)CCc1ncccc1C(C(=O)O)N1CC[C@@H](OCCCCc2ccc3c(n2)NCCC3)C1. The maximum Gasteiger partial charge on any atom is 0.325 e. The standard InChI is InChI=1S/C28H39FN4O3/c1-28(2,29)14-12-24-23(9-6-15-30-24)25(27(34)35)33-17-13-22(19-33)36-18-4-3-8-21-11-10-20-7-5-16-31-26(20)32-21/h6,9-11,15,22,25H,3-5,7-8,12-14,16-19H2,1-2H3,(H,31,32)(H,34,35)/t22-,25?/m1/s1. The van der Waals surface area contributed by atoms with E-state index < -0.39 is 17.7 Å². The van der Waals surface area contributed by atoms with Gasteiger partial charge in [-0.2, -0.15) is 0 Å². The van der Waals surface area contributed by atoms with Gasteiger partial charge >= 0.3 is 5.97 Å². The first-order valence-electron chi connectivity index (χ1n) is 13.2. The van der Waals surface area contributed by atoms with Gasteiger partial charge in [-0.15, -0.1) is 0 Å². The molecule has 2 atom stereocenters. The molecule has 1 fully saturated rings. The number of nitrogens with one attached hydrogen (secondary N) is 1. The predicted octanol–water partition coefficient (Wildman–Crippen LogP) is 4.75. The lowest BCUT2D eigenvalue weighted by molar-refractivity contribution is -0.143. The summed E-state index contributed by atoms with van der Waals surface area (Å²) >= 11 is 0. The molecule has 0 saturated carbocycles. The maximum atomic E-state index is 14.1. The summed E-state index contributed by atoms with van der Waals surface area (Å²) in [7, 11) is 0. The average molecular weight is 499 g/mol. The van der Waals surface area contributed by atoms with E-state index in [0.29, 0.717) is 43.8 Å². The minimum absolute atomic E-state index is 0.0165. The zero-order chi connectivity index (χ0) is 25.5. The molecule has 0 radical (unpaired) electrons. The minimum Gasteiger partial charge on any atom is -0.480 e. The van der Waals surface area contributed by atoms with Crippen LogP contribution in [0, 0.1) is 0 Å². The number of ether oxygens (including phenoxy) is 1. The molecule has 196 valence electrons. The van der Waals surface area contributed by atoms with Crippen LogP contribution < -0.4 is 5.32 Å². The molecule has 0 amide bonds. The van der Waals surface area contributed by atoms with Crippen molar-refractivity contribution in [1.82, 2.24) is 14.9 Å². The average Bonchev–Trinajstić information content (AvgIpc) is 3.30. The van der Waals surface area contributed by atoms with Crippen LogP contribution in [-0.4, -0.2) is 64.0 Å². The second-order valence-corrected chi connectivity index (χ2v) is 10.6. The summed E-state index contributed by atoms with van der Waals surface area (Å²) in [5.74, 6) is 0.135. The van der Waals surface area contributed by atoms with Gasteiger partial charge in [-0.3, -0.25) is 14.7 Å². The number of hydrogen-bond acceptors (Lipinski definition) is 6. The number of aryl methyl sites for hydroxylation is 3. The summed E-state index contributed by atoms with van der Waals surface area (Å²) in [4.78, 5) is 23.4. The number of carboxylic acids is 1. The van der Waals surface area contributed by atoms with E-state index in [0.717, 1.165) is 56.6 Å². The van der Waals surface area contributed by atoms with Gasteiger partial charge in [-0.1, -0.05) is 12.1 Å². The molecule has 2 aliphatic heterocycles. The van der Waals surface area contributed by atoms with E-state index in [1.165, 1.54) is 19.4 Å². The largest absolute Gasteiger partial charge is 0.480 e. The van der Waals surface area contributed by atoms with Gasteiger partial charge < -0.3 is 15.2 Å². The van der Waals surface area contributed by atoms with Crippen molar-refractivity contribution in [2.24, 2.45) is 0 Å². The lowest BCUT2D eigenvalue weighted by Crippen LogP contribution is -2.34. The molecule has 2 N–H and O–H groups in total. The molecular formula is C28H39FN4O3. The Balaban J connectivity index is 1.25. The van der Waals surface area contributed by atoms with Gasteiger partial charge in [0.1, 0.15) is 17.5 Å². The van der Waals surface area contributed by atoms with Crippen LogP contribution in [0.25, 0.3) is 0 Å². The summed E-state index contributed by atoms with van der Waals surface area (Å²) in [6.45, 7) is 5.94. The van der Waals surface area contributed by atoms with Crippen LogP contribution >= 0.6 is 0 Å². The number of halogens is 1. The minimum atomic E-state index is -1.33. The van der Waals surface area contributed by atoms with Crippen LogP contribution in [0.5, 0.6) is 0 Å². The van der Waals surface area contributed by atoms with E-state index in [1.807, 2.05) is 11.0 Å². The topological polar surface area (TPSA) is 87.6 Å². The first-order chi connectivity index (χ1) is 17.3. The molecule has 0 aliphatic carbocycles. The molecule has 1 saturated heterocycles. The predicted molar refractivity (Wildman–Crippen MR) is 138 cm³/mol. The quantitative estimate of drug-likeness (QED) is 0.408. The molecule has 0 bridgehead atoms. The van der Waals surface area contributed by atoms with Crippen molar-refractivity contribution >= 4 is 11.8 Å². The van der Waals surface area contributed by atoms with E-state index in [1.54, 1.807) is 12.3 Å². The number of carbonyl (C=O) groups is 1. The second-order valence-electron chi connectivity index (χ2n) is 10.6. The molecule has 36 heavy (non-hydrogen) atoms. The highest BCUT2D eigenvalue weighted by atomic mass is 19.1. The van der Waals surface area contributed by atoms with E-state index >= 15 is 0 Å². The van der Waals surface area contributed by atoms with Crippen molar-refractivity contribution in [1.29, 1.82) is 0 Å². The van der Waals surface area contributed by atoms with Crippen molar-refractivity contribution in [2.75, 3.05) is 31.6 Å². The zero-order valence-corrected chi connectivity index (χ0v) is 21.5. The number of anilines is 1. The first-order valence-corrected chi connectivity index (χ1v) is 13.2. The second kappa shape index (κ2) is 12.1. The number of hydrogen-bond donors (Lipinski definition) is 2. The number of nitrogens with zero attached hydrogens (tertiary/aromatic N) is 3. The highest BCUT2D eigenvalue weighted by Crippen LogP contribution is 2.30. The summed E-state index contributed by atoms with van der Waals surface area (Å²) in [6, 6.07) is 7.10. The summed E-state index contributed by atoms with van der Waals surface area (Å²) < 4.78 is 20.2. The van der Waals surface area contributed by atoms with Gasteiger partial charge in [-0.05, 0) is 82.9 Å². The number of carboxylic acid groups (broad SMARTS) is 1. The molecular weight excluding hydrogens is 459 g/mol.